The van der Waals surface area contributed by atoms with Crippen molar-refractivity contribution in [3.05, 3.63) is 22.1 Å². The van der Waals surface area contributed by atoms with E-state index in [-0.39, 0.29) is 12.2 Å². The maximum absolute atomic E-state index is 13.3. The predicted molar refractivity (Wildman–Crippen MR) is 51.7 cm³/mol. The average molecular weight is 249 g/mol. The van der Waals surface area contributed by atoms with Crippen molar-refractivity contribution in [2.24, 2.45) is 0 Å². The highest BCUT2D eigenvalue weighted by Crippen LogP contribution is 2.23. The second-order valence-electron chi connectivity index (χ2n) is 2.84. The monoisotopic (exact) mass is 248 g/mol. The number of pyridine rings is 1. The number of aromatic nitrogens is 1. The van der Waals surface area contributed by atoms with Crippen molar-refractivity contribution in [3.63, 3.8) is 0 Å². The summed E-state index contributed by atoms with van der Waals surface area (Å²) in [5, 5.41) is 9.10. The minimum atomic E-state index is -0.604. The van der Waals surface area contributed by atoms with Crippen LogP contribution in [0.5, 0.6) is 0 Å². The summed E-state index contributed by atoms with van der Waals surface area (Å²) in [6, 6.07) is 0. The third-order valence-electron chi connectivity index (χ3n) is 1.59. The van der Waals surface area contributed by atoms with E-state index >= 15 is 0 Å². The maximum atomic E-state index is 13.3. The van der Waals surface area contributed by atoms with Crippen molar-refractivity contribution in [2.75, 3.05) is 5.73 Å². The van der Waals surface area contributed by atoms with E-state index in [9.17, 15) is 4.39 Å². The number of hydrogen-bond donors (Lipinski definition) is 2. The summed E-state index contributed by atoms with van der Waals surface area (Å²) in [7, 11) is 0. The van der Waals surface area contributed by atoms with Gasteiger partial charge in [-0.2, -0.15) is 0 Å². The molecule has 72 valence electrons. The number of rotatable bonds is 2. The summed E-state index contributed by atoms with van der Waals surface area (Å²) < 4.78 is 13.8. The van der Waals surface area contributed by atoms with Gasteiger partial charge in [0.15, 0.2) is 11.6 Å². The summed E-state index contributed by atoms with van der Waals surface area (Å²) in [6.07, 6.45) is 1.04. The molecule has 0 radical (unpaired) electrons. The molecule has 1 aromatic heterocycles. The molecule has 0 aliphatic heterocycles. The molecule has 1 atom stereocenters. The fourth-order valence-electron chi connectivity index (χ4n) is 1.00. The second-order valence-corrected chi connectivity index (χ2v) is 3.69. The lowest BCUT2D eigenvalue weighted by Crippen LogP contribution is -2.09. The lowest BCUT2D eigenvalue weighted by molar-refractivity contribution is 0.194. The van der Waals surface area contributed by atoms with Crippen LogP contribution in [0.25, 0.3) is 0 Å². The van der Waals surface area contributed by atoms with Gasteiger partial charge in [-0.05, 0) is 22.9 Å². The fourth-order valence-corrected chi connectivity index (χ4v) is 1.44. The van der Waals surface area contributed by atoms with Crippen LogP contribution in [-0.4, -0.2) is 16.2 Å². The molecule has 0 spiro atoms. The van der Waals surface area contributed by atoms with E-state index in [0.29, 0.717) is 10.0 Å². The molecular weight excluding hydrogens is 239 g/mol. The molecule has 0 saturated carbocycles. The molecule has 3 N–H and O–H groups in total. The van der Waals surface area contributed by atoms with Crippen LogP contribution in [0.2, 0.25) is 0 Å². The molecule has 0 bridgehead atoms. The van der Waals surface area contributed by atoms with Gasteiger partial charge < -0.3 is 10.8 Å². The Labute approximate surface area is 83.9 Å². The smallest absolute Gasteiger partial charge is 0.169 e. The minimum absolute atomic E-state index is 0.140. The Morgan fingerprint density at radius 2 is 2.38 bits per heavy atom. The number of aliphatic hydroxyl groups is 1. The summed E-state index contributed by atoms with van der Waals surface area (Å²) >= 11 is 3.14. The molecule has 0 aliphatic rings. The Hall–Kier alpha value is -0.680. The molecule has 5 heteroatoms. The SMILES string of the molecule is CC(O)Cc1c(Br)cnc(N)c1F. The van der Waals surface area contributed by atoms with Gasteiger partial charge in [0.25, 0.3) is 0 Å². The van der Waals surface area contributed by atoms with Crippen LogP contribution in [0.15, 0.2) is 10.7 Å². The van der Waals surface area contributed by atoms with Gasteiger partial charge in [0.05, 0.1) is 6.10 Å². The lowest BCUT2D eigenvalue weighted by Gasteiger charge is -2.08. The Kier molecular flexibility index (Phi) is 3.22. The zero-order valence-corrected chi connectivity index (χ0v) is 8.68. The second kappa shape index (κ2) is 4.02. The van der Waals surface area contributed by atoms with Gasteiger partial charge >= 0.3 is 0 Å². The highest BCUT2D eigenvalue weighted by atomic mass is 79.9. The molecule has 1 unspecified atom stereocenters. The van der Waals surface area contributed by atoms with Gasteiger partial charge in [0.2, 0.25) is 0 Å². The van der Waals surface area contributed by atoms with E-state index in [0.717, 1.165) is 0 Å². The first-order valence-corrected chi connectivity index (χ1v) is 4.58. The Morgan fingerprint density at radius 1 is 1.77 bits per heavy atom. The molecule has 0 aliphatic carbocycles. The summed E-state index contributed by atoms with van der Waals surface area (Å²) in [6.45, 7) is 1.59. The number of halogens is 2. The average Bonchev–Trinajstić information content (AvgIpc) is 2.05. The molecular formula is C8H10BrFN2O. The predicted octanol–water partition coefficient (Wildman–Crippen LogP) is 1.49. The molecule has 0 aromatic carbocycles. The van der Waals surface area contributed by atoms with Crippen molar-refractivity contribution >= 4 is 21.7 Å². The summed E-state index contributed by atoms with van der Waals surface area (Å²) in [5.41, 5.74) is 5.64. The maximum Gasteiger partial charge on any atom is 0.169 e. The van der Waals surface area contributed by atoms with Crippen LogP contribution in [0, 0.1) is 5.82 Å². The van der Waals surface area contributed by atoms with Crippen LogP contribution >= 0.6 is 15.9 Å². The van der Waals surface area contributed by atoms with Crippen molar-refractivity contribution in [1.29, 1.82) is 0 Å². The minimum Gasteiger partial charge on any atom is -0.393 e. The highest BCUT2D eigenvalue weighted by Gasteiger charge is 2.13. The standard InChI is InChI=1S/C8H10BrFN2O/c1-4(13)2-5-6(9)3-12-8(11)7(5)10/h3-4,13H,2H2,1H3,(H2,11,12). The molecule has 0 amide bonds. The fraction of sp³-hybridized carbons (Fsp3) is 0.375. The zero-order valence-electron chi connectivity index (χ0n) is 7.09. The van der Waals surface area contributed by atoms with Gasteiger partial charge in [0, 0.05) is 22.7 Å². The number of anilines is 1. The Bertz CT molecular complexity index is 317. The number of nitrogens with zero attached hydrogens (tertiary/aromatic N) is 1. The van der Waals surface area contributed by atoms with E-state index in [1.54, 1.807) is 6.92 Å². The number of hydrogen-bond acceptors (Lipinski definition) is 3. The van der Waals surface area contributed by atoms with E-state index in [1.807, 2.05) is 0 Å². The molecule has 1 aromatic rings. The number of aliphatic hydroxyl groups excluding tert-OH is 1. The largest absolute Gasteiger partial charge is 0.393 e. The van der Waals surface area contributed by atoms with Crippen LogP contribution < -0.4 is 5.73 Å². The first kappa shape index (κ1) is 10.4. The quantitative estimate of drug-likeness (QED) is 0.834. The molecule has 1 heterocycles. The van der Waals surface area contributed by atoms with E-state index in [2.05, 4.69) is 20.9 Å². The summed E-state index contributed by atoms with van der Waals surface area (Å²) in [4.78, 5) is 3.62. The van der Waals surface area contributed by atoms with E-state index in [1.165, 1.54) is 6.20 Å². The van der Waals surface area contributed by atoms with Crippen molar-refractivity contribution in [1.82, 2.24) is 4.98 Å². The third kappa shape index (κ3) is 2.38. The Morgan fingerprint density at radius 3 is 2.92 bits per heavy atom. The number of nitrogen functional groups attached to an aromatic ring is 1. The molecule has 3 nitrogen and oxygen atoms in total. The zero-order chi connectivity index (χ0) is 10.0. The highest BCUT2D eigenvalue weighted by molar-refractivity contribution is 9.10. The van der Waals surface area contributed by atoms with E-state index in [4.69, 9.17) is 10.8 Å². The normalized spacial score (nSPS) is 12.9. The van der Waals surface area contributed by atoms with Crippen LogP contribution in [0.3, 0.4) is 0 Å². The van der Waals surface area contributed by atoms with Gasteiger partial charge in [-0.15, -0.1) is 0 Å². The molecule has 0 fully saturated rings. The summed E-state index contributed by atoms with van der Waals surface area (Å²) in [5.74, 6) is -0.700. The van der Waals surface area contributed by atoms with Crippen molar-refractivity contribution < 1.29 is 9.50 Å². The third-order valence-corrected chi connectivity index (χ3v) is 2.28. The topological polar surface area (TPSA) is 59.1 Å². The van der Waals surface area contributed by atoms with Gasteiger partial charge in [-0.25, -0.2) is 9.37 Å². The van der Waals surface area contributed by atoms with Gasteiger partial charge in [0.1, 0.15) is 0 Å². The van der Waals surface area contributed by atoms with Crippen LogP contribution in [0.1, 0.15) is 12.5 Å². The van der Waals surface area contributed by atoms with E-state index < -0.39 is 11.9 Å². The van der Waals surface area contributed by atoms with Crippen LogP contribution in [-0.2, 0) is 6.42 Å². The first-order valence-electron chi connectivity index (χ1n) is 3.78. The molecule has 13 heavy (non-hydrogen) atoms. The Balaban J connectivity index is 3.10. The van der Waals surface area contributed by atoms with Crippen molar-refractivity contribution in [2.45, 2.75) is 19.4 Å². The van der Waals surface area contributed by atoms with Gasteiger partial charge in [-0.3, -0.25) is 0 Å². The van der Waals surface area contributed by atoms with Crippen molar-refractivity contribution in [3.8, 4) is 0 Å². The lowest BCUT2D eigenvalue weighted by atomic mass is 10.1. The van der Waals surface area contributed by atoms with Crippen LogP contribution in [0.4, 0.5) is 10.2 Å². The molecule has 0 saturated heterocycles. The molecule has 1 rings (SSSR count). The number of nitrogens with two attached hydrogens (primary N) is 1. The van der Waals surface area contributed by atoms with Gasteiger partial charge in [-0.1, -0.05) is 0 Å². The first-order chi connectivity index (χ1) is 6.02.